The van der Waals surface area contributed by atoms with E-state index in [1.807, 2.05) is 12.1 Å². The third-order valence-electron chi connectivity index (χ3n) is 3.07. The Morgan fingerprint density at radius 1 is 0.895 bits per heavy atom. The van der Waals surface area contributed by atoms with Gasteiger partial charge in [-0.3, -0.25) is 0 Å². The molecule has 0 spiro atoms. The van der Waals surface area contributed by atoms with Crippen molar-refractivity contribution in [1.29, 1.82) is 0 Å². The van der Waals surface area contributed by atoms with Gasteiger partial charge in [-0.15, -0.1) is 4.98 Å². The summed E-state index contributed by atoms with van der Waals surface area (Å²) in [5.41, 5.74) is 2.58. The lowest BCUT2D eigenvalue weighted by Gasteiger charge is -2.15. The van der Waals surface area contributed by atoms with E-state index in [4.69, 9.17) is 9.47 Å². The summed E-state index contributed by atoms with van der Waals surface area (Å²) in [6.07, 6.45) is 0. The number of rotatable bonds is 3. The smallest absolute Gasteiger partial charge is 0.324 e. The lowest BCUT2D eigenvalue weighted by molar-refractivity contribution is 0.340. The average Bonchev–Trinajstić information content (AvgIpc) is 2.90. The standard InChI is InChI=1S/C13H14N4O2/c1-18-12-14-11(15-13(16-12)19-2)17-7-9-5-3-4-6-10(9)8-17/h3-6H,7-8H2,1-2H3. The second-order valence-corrected chi connectivity index (χ2v) is 4.23. The van der Waals surface area contributed by atoms with Crippen molar-refractivity contribution >= 4 is 5.95 Å². The van der Waals surface area contributed by atoms with Gasteiger partial charge in [0.2, 0.25) is 5.95 Å². The quantitative estimate of drug-likeness (QED) is 0.829. The lowest BCUT2D eigenvalue weighted by Crippen LogP contribution is -2.18. The molecular formula is C13H14N4O2. The Kier molecular flexibility index (Phi) is 2.91. The van der Waals surface area contributed by atoms with Gasteiger partial charge < -0.3 is 14.4 Å². The van der Waals surface area contributed by atoms with Crippen LogP contribution in [-0.4, -0.2) is 29.2 Å². The summed E-state index contributed by atoms with van der Waals surface area (Å²) < 4.78 is 10.1. The van der Waals surface area contributed by atoms with E-state index in [0.717, 1.165) is 13.1 Å². The Morgan fingerprint density at radius 2 is 1.42 bits per heavy atom. The van der Waals surface area contributed by atoms with Crippen LogP contribution in [0.1, 0.15) is 11.1 Å². The molecule has 3 rings (SSSR count). The van der Waals surface area contributed by atoms with Gasteiger partial charge in [0.05, 0.1) is 14.2 Å². The molecule has 1 aromatic heterocycles. The molecule has 0 aliphatic carbocycles. The fourth-order valence-electron chi connectivity index (χ4n) is 2.13. The van der Waals surface area contributed by atoms with Gasteiger partial charge in [0.25, 0.3) is 0 Å². The summed E-state index contributed by atoms with van der Waals surface area (Å²) >= 11 is 0. The summed E-state index contributed by atoms with van der Waals surface area (Å²) in [6, 6.07) is 8.83. The van der Waals surface area contributed by atoms with Crippen LogP contribution in [0.4, 0.5) is 5.95 Å². The van der Waals surface area contributed by atoms with Crippen molar-refractivity contribution in [2.75, 3.05) is 19.1 Å². The second kappa shape index (κ2) is 4.72. The summed E-state index contributed by atoms with van der Waals surface area (Å²) in [7, 11) is 3.05. The van der Waals surface area contributed by atoms with Crippen molar-refractivity contribution < 1.29 is 9.47 Å². The first-order chi connectivity index (χ1) is 9.30. The van der Waals surface area contributed by atoms with Crippen LogP contribution in [0.25, 0.3) is 0 Å². The number of nitrogens with zero attached hydrogens (tertiary/aromatic N) is 4. The molecule has 19 heavy (non-hydrogen) atoms. The van der Waals surface area contributed by atoms with Gasteiger partial charge in [0.15, 0.2) is 0 Å². The summed E-state index contributed by atoms with van der Waals surface area (Å²) in [5.74, 6) is 0.569. The number of ether oxygens (including phenoxy) is 2. The molecule has 0 atom stereocenters. The molecule has 0 radical (unpaired) electrons. The maximum atomic E-state index is 5.07. The molecule has 6 heteroatoms. The molecule has 0 saturated heterocycles. The van der Waals surface area contributed by atoms with Crippen LogP contribution in [-0.2, 0) is 13.1 Å². The predicted molar refractivity (Wildman–Crippen MR) is 69.3 cm³/mol. The van der Waals surface area contributed by atoms with E-state index in [1.165, 1.54) is 25.3 Å². The fourth-order valence-corrected chi connectivity index (χ4v) is 2.13. The van der Waals surface area contributed by atoms with Crippen LogP contribution in [0.3, 0.4) is 0 Å². The van der Waals surface area contributed by atoms with Crippen LogP contribution in [0, 0.1) is 0 Å². The predicted octanol–water partition coefficient (Wildman–Crippen LogP) is 1.41. The van der Waals surface area contributed by atoms with Gasteiger partial charge >= 0.3 is 12.0 Å². The number of hydrogen-bond donors (Lipinski definition) is 0. The van der Waals surface area contributed by atoms with E-state index >= 15 is 0 Å². The second-order valence-electron chi connectivity index (χ2n) is 4.23. The minimum Gasteiger partial charge on any atom is -0.467 e. The number of methoxy groups -OCH3 is 2. The third kappa shape index (κ3) is 2.16. The zero-order valence-corrected chi connectivity index (χ0v) is 10.8. The van der Waals surface area contributed by atoms with E-state index in [9.17, 15) is 0 Å². The largest absolute Gasteiger partial charge is 0.467 e. The summed E-state index contributed by atoms with van der Waals surface area (Å²) in [5, 5.41) is 0. The fraction of sp³-hybridized carbons (Fsp3) is 0.308. The number of benzene rings is 1. The van der Waals surface area contributed by atoms with Gasteiger partial charge in [-0.05, 0) is 11.1 Å². The van der Waals surface area contributed by atoms with Gasteiger partial charge in [-0.25, -0.2) is 0 Å². The highest BCUT2D eigenvalue weighted by atomic mass is 16.5. The highest BCUT2D eigenvalue weighted by Gasteiger charge is 2.22. The van der Waals surface area contributed by atoms with E-state index in [1.54, 1.807) is 0 Å². The molecule has 0 bridgehead atoms. The molecule has 0 saturated carbocycles. The van der Waals surface area contributed by atoms with Crippen LogP contribution in [0.15, 0.2) is 24.3 Å². The highest BCUT2D eigenvalue weighted by Crippen LogP contribution is 2.27. The molecule has 1 aliphatic rings. The summed E-state index contributed by atoms with van der Waals surface area (Å²) in [6.45, 7) is 1.57. The van der Waals surface area contributed by atoms with Crippen LogP contribution in [0.5, 0.6) is 12.0 Å². The number of aromatic nitrogens is 3. The zero-order chi connectivity index (χ0) is 13.2. The van der Waals surface area contributed by atoms with Crippen molar-refractivity contribution in [2.24, 2.45) is 0 Å². The van der Waals surface area contributed by atoms with E-state index in [0.29, 0.717) is 5.95 Å². The number of fused-ring (bicyclic) bond motifs is 1. The molecule has 0 amide bonds. The highest BCUT2D eigenvalue weighted by molar-refractivity contribution is 5.43. The van der Waals surface area contributed by atoms with Gasteiger partial charge in [-0.1, -0.05) is 24.3 Å². The van der Waals surface area contributed by atoms with Crippen molar-refractivity contribution in [1.82, 2.24) is 15.0 Å². The van der Waals surface area contributed by atoms with Crippen LogP contribution >= 0.6 is 0 Å². The zero-order valence-electron chi connectivity index (χ0n) is 10.8. The van der Waals surface area contributed by atoms with E-state index in [2.05, 4.69) is 32.0 Å². The Labute approximate surface area is 111 Å². The van der Waals surface area contributed by atoms with Crippen molar-refractivity contribution in [3.05, 3.63) is 35.4 Å². The topological polar surface area (TPSA) is 60.4 Å². The molecule has 98 valence electrons. The molecule has 2 aromatic rings. The van der Waals surface area contributed by atoms with E-state index < -0.39 is 0 Å². The maximum Gasteiger partial charge on any atom is 0.324 e. The molecule has 1 aromatic carbocycles. The van der Waals surface area contributed by atoms with Crippen molar-refractivity contribution in [3.63, 3.8) is 0 Å². The summed E-state index contributed by atoms with van der Waals surface area (Å²) in [4.78, 5) is 14.6. The van der Waals surface area contributed by atoms with Crippen LogP contribution in [0.2, 0.25) is 0 Å². The average molecular weight is 258 g/mol. The molecule has 0 fully saturated rings. The lowest BCUT2D eigenvalue weighted by atomic mass is 10.1. The molecule has 6 nitrogen and oxygen atoms in total. The number of hydrogen-bond acceptors (Lipinski definition) is 6. The van der Waals surface area contributed by atoms with E-state index in [-0.39, 0.29) is 12.0 Å². The van der Waals surface area contributed by atoms with Gasteiger partial charge in [-0.2, -0.15) is 9.97 Å². The van der Waals surface area contributed by atoms with Crippen molar-refractivity contribution in [2.45, 2.75) is 13.1 Å². The Bertz CT molecular complexity index is 556. The molecule has 1 aliphatic heterocycles. The van der Waals surface area contributed by atoms with Gasteiger partial charge in [0, 0.05) is 13.1 Å². The first kappa shape index (κ1) is 11.7. The Balaban J connectivity index is 1.92. The first-order valence-electron chi connectivity index (χ1n) is 5.96. The molecule has 2 heterocycles. The molecule has 0 N–H and O–H groups in total. The monoisotopic (exact) mass is 258 g/mol. The minimum atomic E-state index is 0.262. The third-order valence-corrected chi connectivity index (χ3v) is 3.07. The van der Waals surface area contributed by atoms with Crippen molar-refractivity contribution in [3.8, 4) is 12.0 Å². The minimum absolute atomic E-state index is 0.262. The molecular weight excluding hydrogens is 244 g/mol. The maximum absolute atomic E-state index is 5.07. The number of anilines is 1. The van der Waals surface area contributed by atoms with Gasteiger partial charge in [0.1, 0.15) is 0 Å². The first-order valence-corrected chi connectivity index (χ1v) is 5.96. The van der Waals surface area contributed by atoms with Crippen LogP contribution < -0.4 is 14.4 Å². The molecule has 0 unspecified atom stereocenters. The SMILES string of the molecule is COc1nc(OC)nc(N2Cc3ccccc3C2)n1. The Morgan fingerprint density at radius 3 is 1.89 bits per heavy atom. The normalized spacial score (nSPS) is 13.3. The Hall–Kier alpha value is -2.37.